The second-order valence-electron chi connectivity index (χ2n) is 6.82. The van der Waals surface area contributed by atoms with Crippen LogP contribution in [-0.2, 0) is 6.54 Å². The molecule has 1 amide bonds. The lowest BCUT2D eigenvalue weighted by Crippen LogP contribution is -2.25. The van der Waals surface area contributed by atoms with E-state index in [-0.39, 0.29) is 34.4 Å². The van der Waals surface area contributed by atoms with Crippen LogP contribution in [0.3, 0.4) is 0 Å². The summed E-state index contributed by atoms with van der Waals surface area (Å²) >= 11 is 0. The highest BCUT2D eigenvalue weighted by Gasteiger charge is 2.29. The molecule has 1 fully saturated rings. The van der Waals surface area contributed by atoms with Gasteiger partial charge < -0.3 is 15.6 Å². The summed E-state index contributed by atoms with van der Waals surface area (Å²) in [5, 5.41) is 3.17. The molecule has 6 nitrogen and oxygen atoms in total. The number of fused-ring (bicyclic) bond motifs is 1. The number of anilines is 1. The normalized spacial score (nSPS) is 13.8. The van der Waals surface area contributed by atoms with Crippen LogP contribution in [0.15, 0.2) is 36.8 Å². The number of nitrogen functional groups attached to an aromatic ring is 1. The molecule has 3 aromatic rings. The Morgan fingerprint density at radius 2 is 2.07 bits per heavy atom. The minimum atomic E-state index is -4.42. The fraction of sp³-hybridized carbons (Fsp3) is 0.250. The number of nitrogens with two attached hydrogens (primary N) is 1. The number of benzene rings is 1. The Morgan fingerprint density at radius 3 is 2.79 bits per heavy atom. The summed E-state index contributed by atoms with van der Waals surface area (Å²) in [6.45, 7) is -1.21. The van der Waals surface area contributed by atoms with Crippen LogP contribution in [0.5, 0.6) is 0 Å². The van der Waals surface area contributed by atoms with Crippen molar-refractivity contribution in [3.05, 3.63) is 53.5 Å². The molecule has 0 atom stereocenters. The maximum absolute atomic E-state index is 12.9. The summed E-state index contributed by atoms with van der Waals surface area (Å²) in [5.41, 5.74) is 7.24. The first-order valence-electron chi connectivity index (χ1n) is 8.89. The molecule has 0 saturated heterocycles. The van der Waals surface area contributed by atoms with Crippen molar-refractivity contribution in [2.45, 2.75) is 31.6 Å². The number of carbonyl (C=O) groups excluding carboxylic acids is 1. The number of nitrogens with zero attached hydrogens (tertiary/aromatic N) is 3. The first-order valence-corrected chi connectivity index (χ1v) is 8.89. The molecule has 0 radical (unpaired) electrons. The van der Waals surface area contributed by atoms with Gasteiger partial charge in [-0.05, 0) is 31.0 Å². The van der Waals surface area contributed by atoms with Gasteiger partial charge in [0, 0.05) is 23.4 Å². The van der Waals surface area contributed by atoms with E-state index in [9.17, 15) is 18.0 Å². The number of alkyl halides is 3. The Morgan fingerprint density at radius 1 is 1.28 bits per heavy atom. The predicted octanol–water partition coefficient (Wildman–Crippen LogP) is 2.87. The van der Waals surface area contributed by atoms with Crippen molar-refractivity contribution < 1.29 is 18.0 Å². The zero-order chi connectivity index (χ0) is 20.6. The number of nitrogens with one attached hydrogen (secondary N) is 1. The van der Waals surface area contributed by atoms with E-state index < -0.39 is 12.7 Å². The average Bonchev–Trinajstić information content (AvgIpc) is 3.41. The van der Waals surface area contributed by atoms with Crippen molar-refractivity contribution in [1.82, 2.24) is 19.9 Å². The van der Waals surface area contributed by atoms with Crippen molar-refractivity contribution in [3.63, 3.8) is 0 Å². The Kier molecular flexibility index (Phi) is 4.62. The smallest absolute Gasteiger partial charge is 0.383 e. The van der Waals surface area contributed by atoms with E-state index in [1.54, 1.807) is 24.3 Å². The van der Waals surface area contributed by atoms with Gasteiger partial charge in [0.15, 0.2) is 0 Å². The van der Waals surface area contributed by atoms with Crippen LogP contribution in [-0.4, -0.2) is 32.7 Å². The van der Waals surface area contributed by atoms with Crippen LogP contribution in [0.1, 0.15) is 34.3 Å². The summed E-state index contributed by atoms with van der Waals surface area (Å²) in [6.07, 6.45) is -0.0728. The Labute approximate surface area is 163 Å². The second-order valence-corrected chi connectivity index (χ2v) is 6.82. The van der Waals surface area contributed by atoms with Crippen molar-refractivity contribution in [2.75, 3.05) is 5.73 Å². The molecule has 9 heteroatoms. The van der Waals surface area contributed by atoms with Crippen molar-refractivity contribution in [1.29, 1.82) is 0 Å². The highest BCUT2D eigenvalue weighted by molar-refractivity contribution is 5.95. The molecule has 29 heavy (non-hydrogen) atoms. The zero-order valence-electron chi connectivity index (χ0n) is 15.1. The van der Waals surface area contributed by atoms with Crippen molar-refractivity contribution in [2.24, 2.45) is 0 Å². The van der Waals surface area contributed by atoms with Crippen LogP contribution in [0.4, 0.5) is 19.0 Å². The lowest BCUT2D eigenvalue weighted by Gasteiger charge is -2.07. The molecule has 1 aliphatic carbocycles. The quantitative estimate of drug-likeness (QED) is 0.664. The van der Waals surface area contributed by atoms with E-state index in [2.05, 4.69) is 27.1 Å². The molecule has 1 aromatic carbocycles. The van der Waals surface area contributed by atoms with Gasteiger partial charge >= 0.3 is 6.18 Å². The third kappa shape index (κ3) is 4.32. The number of halogens is 3. The standard InChI is InChI=1S/C20H16F3N5O/c21-20(22,23)10-28-9-14(16-17(24)25-11-26-18(16)28)5-4-12-2-1-3-13(8-12)19(29)27-15-6-7-15/h1-3,8-9,11,15H,6-7,10H2,(H,27,29)(H2,24,25,26). The molecular formula is C20H16F3N5O. The van der Waals surface area contributed by atoms with E-state index in [1.165, 1.54) is 6.20 Å². The van der Waals surface area contributed by atoms with E-state index in [1.807, 2.05) is 0 Å². The number of amides is 1. The molecule has 2 heterocycles. The van der Waals surface area contributed by atoms with E-state index in [0.29, 0.717) is 11.1 Å². The van der Waals surface area contributed by atoms with Crippen molar-refractivity contribution in [3.8, 4) is 11.8 Å². The third-order valence-corrected chi connectivity index (χ3v) is 4.41. The summed E-state index contributed by atoms with van der Waals surface area (Å²) in [6, 6.07) is 6.98. The molecule has 0 unspecified atom stereocenters. The molecule has 0 spiro atoms. The van der Waals surface area contributed by atoms with Crippen LogP contribution in [0.25, 0.3) is 11.0 Å². The highest BCUT2D eigenvalue weighted by Crippen LogP contribution is 2.27. The van der Waals surface area contributed by atoms with Gasteiger partial charge in [-0.15, -0.1) is 0 Å². The molecule has 0 bridgehead atoms. The minimum Gasteiger partial charge on any atom is -0.383 e. The lowest BCUT2D eigenvalue weighted by molar-refractivity contribution is -0.139. The molecule has 1 saturated carbocycles. The van der Waals surface area contributed by atoms with Crippen LogP contribution < -0.4 is 11.1 Å². The van der Waals surface area contributed by atoms with Crippen LogP contribution in [0, 0.1) is 11.8 Å². The second kappa shape index (κ2) is 7.13. The highest BCUT2D eigenvalue weighted by atomic mass is 19.4. The van der Waals surface area contributed by atoms with Crippen LogP contribution in [0.2, 0.25) is 0 Å². The van der Waals surface area contributed by atoms with Gasteiger partial charge in [-0.25, -0.2) is 9.97 Å². The van der Waals surface area contributed by atoms with Crippen molar-refractivity contribution >= 4 is 22.8 Å². The molecule has 148 valence electrons. The minimum absolute atomic E-state index is 0.0535. The number of carbonyl (C=O) groups is 1. The van der Waals surface area contributed by atoms with Gasteiger partial charge in [0.05, 0.1) is 10.9 Å². The van der Waals surface area contributed by atoms with E-state index in [0.717, 1.165) is 23.7 Å². The van der Waals surface area contributed by atoms with Gasteiger partial charge in [-0.2, -0.15) is 13.2 Å². The first-order chi connectivity index (χ1) is 13.8. The largest absolute Gasteiger partial charge is 0.406 e. The maximum atomic E-state index is 12.9. The molecule has 0 aliphatic heterocycles. The van der Waals surface area contributed by atoms with Gasteiger partial charge in [0.2, 0.25) is 0 Å². The summed E-state index contributed by atoms with van der Waals surface area (Å²) < 4.78 is 39.6. The number of aromatic nitrogens is 3. The summed E-state index contributed by atoms with van der Waals surface area (Å²) in [7, 11) is 0. The number of hydrogen-bond acceptors (Lipinski definition) is 4. The SMILES string of the molecule is Nc1ncnc2c1c(C#Cc1cccc(C(=O)NC3CC3)c1)cn2CC(F)(F)F. The van der Waals surface area contributed by atoms with Gasteiger partial charge in [-0.3, -0.25) is 4.79 Å². The topological polar surface area (TPSA) is 85.8 Å². The van der Waals surface area contributed by atoms with E-state index in [4.69, 9.17) is 5.73 Å². The monoisotopic (exact) mass is 399 g/mol. The van der Waals surface area contributed by atoms with Gasteiger partial charge in [0.25, 0.3) is 5.91 Å². The zero-order valence-corrected chi connectivity index (χ0v) is 15.1. The first kappa shape index (κ1) is 18.8. The van der Waals surface area contributed by atoms with Gasteiger partial charge in [-0.1, -0.05) is 17.9 Å². The molecule has 4 rings (SSSR count). The molecular weight excluding hydrogens is 383 g/mol. The fourth-order valence-electron chi connectivity index (χ4n) is 2.93. The van der Waals surface area contributed by atoms with Crippen LogP contribution >= 0.6 is 0 Å². The maximum Gasteiger partial charge on any atom is 0.406 e. The number of hydrogen-bond donors (Lipinski definition) is 2. The van der Waals surface area contributed by atoms with E-state index >= 15 is 0 Å². The average molecular weight is 399 g/mol. The summed E-state index contributed by atoms with van der Waals surface area (Å²) in [4.78, 5) is 20.0. The molecule has 3 N–H and O–H groups in total. The molecule has 1 aliphatic rings. The van der Waals surface area contributed by atoms with Gasteiger partial charge in [0.1, 0.15) is 24.3 Å². The lowest BCUT2D eigenvalue weighted by atomic mass is 10.1. The predicted molar refractivity (Wildman–Crippen MR) is 101 cm³/mol. The fourth-order valence-corrected chi connectivity index (χ4v) is 2.93. The third-order valence-electron chi connectivity index (χ3n) is 4.41. The number of rotatable bonds is 3. The summed E-state index contributed by atoms with van der Waals surface area (Å²) in [5.74, 6) is 5.61. The Bertz CT molecular complexity index is 1150. The molecule has 2 aromatic heterocycles. The Hall–Kier alpha value is -3.54. The Balaban J connectivity index is 1.68.